The molecule has 1 aromatic rings. The van der Waals surface area contributed by atoms with Crippen LogP contribution in [0.1, 0.15) is 68.6 Å². The van der Waals surface area contributed by atoms with Crippen molar-refractivity contribution >= 4 is 11.3 Å². The molecule has 138 valence electrons. The smallest absolute Gasteiger partial charge is 0.0402 e. The Morgan fingerprint density at radius 1 is 1.32 bits per heavy atom. The van der Waals surface area contributed by atoms with Crippen LogP contribution in [0.5, 0.6) is 0 Å². The SMILES string of the molecule is CCC(CC)CN1CCCc2cc(/C(=C/NC)CN)c(C3CC3)cc21. The molecule has 0 atom stereocenters. The second-order valence-electron chi connectivity index (χ2n) is 7.74. The van der Waals surface area contributed by atoms with Gasteiger partial charge in [-0.25, -0.2) is 0 Å². The Bertz CT molecular complexity index is 612. The van der Waals surface area contributed by atoms with Gasteiger partial charge in [-0.15, -0.1) is 0 Å². The topological polar surface area (TPSA) is 41.3 Å². The Kier molecular flexibility index (Phi) is 6.06. The summed E-state index contributed by atoms with van der Waals surface area (Å²) in [5.41, 5.74) is 13.3. The lowest BCUT2D eigenvalue weighted by Crippen LogP contribution is -2.34. The number of aryl methyl sites for hydroxylation is 1. The van der Waals surface area contributed by atoms with Crippen LogP contribution in [0.3, 0.4) is 0 Å². The maximum absolute atomic E-state index is 6.07. The summed E-state index contributed by atoms with van der Waals surface area (Å²) in [6.07, 6.45) is 9.76. The molecule has 2 aliphatic rings. The van der Waals surface area contributed by atoms with E-state index in [2.05, 4.69) is 42.4 Å². The fourth-order valence-electron chi connectivity index (χ4n) is 4.20. The van der Waals surface area contributed by atoms with Crippen molar-refractivity contribution in [2.45, 2.75) is 58.3 Å². The summed E-state index contributed by atoms with van der Waals surface area (Å²) < 4.78 is 0. The second-order valence-corrected chi connectivity index (χ2v) is 7.74. The standard InChI is InChI=1S/C22H35N3/c1-4-16(5-2)15-25-10-6-7-18-11-20(19(13-23)14-24-3)21(12-22(18)25)17-8-9-17/h11-12,14,16-17,24H,4-10,13,15,23H2,1-3H3/b19-14+. The van der Waals surface area contributed by atoms with E-state index >= 15 is 0 Å². The van der Waals surface area contributed by atoms with Crippen LogP contribution in [0.15, 0.2) is 18.3 Å². The Labute approximate surface area is 153 Å². The van der Waals surface area contributed by atoms with E-state index in [1.54, 1.807) is 0 Å². The van der Waals surface area contributed by atoms with Crippen LogP contribution >= 0.6 is 0 Å². The minimum atomic E-state index is 0.594. The van der Waals surface area contributed by atoms with Gasteiger partial charge in [-0.3, -0.25) is 0 Å². The minimum absolute atomic E-state index is 0.594. The zero-order valence-electron chi connectivity index (χ0n) is 16.3. The van der Waals surface area contributed by atoms with Crippen molar-refractivity contribution in [3.8, 4) is 0 Å². The molecule has 3 N–H and O–H groups in total. The van der Waals surface area contributed by atoms with Crippen molar-refractivity contribution < 1.29 is 0 Å². The van der Waals surface area contributed by atoms with Gasteiger partial charge in [0.1, 0.15) is 0 Å². The predicted molar refractivity (Wildman–Crippen MR) is 109 cm³/mol. The Hall–Kier alpha value is -1.48. The van der Waals surface area contributed by atoms with Gasteiger partial charge in [-0.05, 0) is 71.9 Å². The molecule has 1 aliphatic carbocycles. The van der Waals surface area contributed by atoms with Gasteiger partial charge in [0.2, 0.25) is 0 Å². The lowest BCUT2D eigenvalue weighted by Gasteiger charge is -2.35. The second kappa shape index (κ2) is 8.27. The highest BCUT2D eigenvalue weighted by Crippen LogP contribution is 2.46. The molecule has 0 aromatic heterocycles. The van der Waals surface area contributed by atoms with Gasteiger partial charge < -0.3 is 16.0 Å². The van der Waals surface area contributed by atoms with E-state index in [4.69, 9.17) is 5.73 Å². The molecule has 1 saturated carbocycles. The average Bonchev–Trinajstić information content (AvgIpc) is 3.48. The molecule has 1 fully saturated rings. The van der Waals surface area contributed by atoms with Crippen molar-refractivity contribution in [1.29, 1.82) is 0 Å². The van der Waals surface area contributed by atoms with Crippen molar-refractivity contribution in [2.75, 3.05) is 31.6 Å². The molecular formula is C22H35N3. The number of rotatable bonds is 8. The third-order valence-corrected chi connectivity index (χ3v) is 6.00. The lowest BCUT2D eigenvalue weighted by atomic mass is 9.89. The number of nitrogens with one attached hydrogen (secondary N) is 1. The number of hydrogen-bond donors (Lipinski definition) is 2. The number of benzene rings is 1. The highest BCUT2D eigenvalue weighted by atomic mass is 15.1. The fraction of sp³-hybridized carbons (Fsp3) is 0.636. The molecule has 1 heterocycles. The quantitative estimate of drug-likeness (QED) is 0.742. The molecule has 3 rings (SSSR count). The molecule has 0 radical (unpaired) electrons. The van der Waals surface area contributed by atoms with Gasteiger partial charge in [-0.1, -0.05) is 26.7 Å². The number of hydrogen-bond acceptors (Lipinski definition) is 3. The predicted octanol–water partition coefficient (Wildman–Crippen LogP) is 4.27. The summed E-state index contributed by atoms with van der Waals surface area (Å²) in [7, 11) is 1.96. The van der Waals surface area contributed by atoms with Crippen LogP contribution in [0.2, 0.25) is 0 Å². The van der Waals surface area contributed by atoms with Gasteiger partial charge in [-0.2, -0.15) is 0 Å². The molecule has 0 spiro atoms. The van der Waals surface area contributed by atoms with Crippen LogP contribution in [-0.2, 0) is 6.42 Å². The molecule has 0 amide bonds. The Morgan fingerprint density at radius 2 is 2.08 bits per heavy atom. The highest BCUT2D eigenvalue weighted by molar-refractivity contribution is 5.74. The van der Waals surface area contributed by atoms with E-state index < -0.39 is 0 Å². The summed E-state index contributed by atoms with van der Waals surface area (Å²) in [4.78, 5) is 2.66. The average molecular weight is 342 g/mol. The maximum atomic E-state index is 6.07. The van der Waals surface area contributed by atoms with E-state index in [9.17, 15) is 0 Å². The molecule has 0 bridgehead atoms. The van der Waals surface area contributed by atoms with Crippen molar-refractivity contribution in [2.24, 2.45) is 11.7 Å². The lowest BCUT2D eigenvalue weighted by molar-refractivity contribution is 0.475. The Morgan fingerprint density at radius 3 is 2.68 bits per heavy atom. The molecule has 3 heteroatoms. The summed E-state index contributed by atoms with van der Waals surface area (Å²) in [5, 5.41) is 3.18. The molecule has 1 aliphatic heterocycles. The third kappa shape index (κ3) is 4.03. The van der Waals surface area contributed by atoms with Crippen LogP contribution in [-0.4, -0.2) is 26.7 Å². The van der Waals surface area contributed by atoms with Crippen molar-refractivity contribution in [3.05, 3.63) is 35.0 Å². The maximum Gasteiger partial charge on any atom is 0.0402 e. The molecule has 3 nitrogen and oxygen atoms in total. The van der Waals surface area contributed by atoms with Crippen LogP contribution < -0.4 is 16.0 Å². The van der Waals surface area contributed by atoms with E-state index in [0.717, 1.165) is 11.8 Å². The zero-order chi connectivity index (χ0) is 17.8. The van der Waals surface area contributed by atoms with Gasteiger partial charge in [0, 0.05) is 38.6 Å². The largest absolute Gasteiger partial charge is 0.394 e. The van der Waals surface area contributed by atoms with Gasteiger partial charge in [0.15, 0.2) is 0 Å². The van der Waals surface area contributed by atoms with Crippen molar-refractivity contribution in [1.82, 2.24) is 5.32 Å². The van der Waals surface area contributed by atoms with Gasteiger partial charge >= 0.3 is 0 Å². The first kappa shape index (κ1) is 18.3. The first-order valence-electron chi connectivity index (χ1n) is 10.2. The van der Waals surface area contributed by atoms with Crippen LogP contribution in [0.25, 0.3) is 5.57 Å². The first-order valence-corrected chi connectivity index (χ1v) is 10.2. The summed E-state index contributed by atoms with van der Waals surface area (Å²) in [6.45, 7) is 7.67. The van der Waals surface area contributed by atoms with E-state index in [0.29, 0.717) is 6.54 Å². The monoisotopic (exact) mass is 341 g/mol. The third-order valence-electron chi connectivity index (χ3n) is 6.00. The zero-order valence-corrected chi connectivity index (χ0v) is 16.3. The molecule has 1 aromatic carbocycles. The Balaban J connectivity index is 1.98. The van der Waals surface area contributed by atoms with E-state index in [1.807, 2.05) is 7.05 Å². The normalized spacial score (nSPS) is 17.8. The fourth-order valence-corrected chi connectivity index (χ4v) is 4.20. The number of nitrogens with zero attached hydrogens (tertiary/aromatic N) is 1. The summed E-state index contributed by atoms with van der Waals surface area (Å²) in [5.74, 6) is 1.54. The summed E-state index contributed by atoms with van der Waals surface area (Å²) >= 11 is 0. The van der Waals surface area contributed by atoms with Gasteiger partial charge in [0.05, 0.1) is 0 Å². The number of fused-ring (bicyclic) bond motifs is 1. The summed E-state index contributed by atoms with van der Waals surface area (Å²) in [6, 6.07) is 4.97. The van der Waals surface area contributed by atoms with E-state index in [1.165, 1.54) is 79.6 Å². The highest BCUT2D eigenvalue weighted by Gasteiger charge is 2.30. The molecular weight excluding hydrogens is 306 g/mol. The number of nitrogens with two attached hydrogens (primary N) is 1. The molecule has 0 unspecified atom stereocenters. The number of anilines is 1. The minimum Gasteiger partial charge on any atom is -0.394 e. The van der Waals surface area contributed by atoms with Gasteiger partial charge in [0.25, 0.3) is 0 Å². The van der Waals surface area contributed by atoms with Crippen LogP contribution in [0, 0.1) is 5.92 Å². The molecule has 25 heavy (non-hydrogen) atoms. The van der Waals surface area contributed by atoms with E-state index in [-0.39, 0.29) is 0 Å². The van der Waals surface area contributed by atoms with Crippen molar-refractivity contribution in [3.63, 3.8) is 0 Å². The molecule has 0 saturated heterocycles. The first-order chi connectivity index (χ1) is 12.2. The van der Waals surface area contributed by atoms with Crippen LogP contribution in [0.4, 0.5) is 5.69 Å².